The summed E-state index contributed by atoms with van der Waals surface area (Å²) in [6, 6.07) is 24.6. The third-order valence-corrected chi connectivity index (χ3v) is 7.81. The van der Waals surface area contributed by atoms with Crippen molar-refractivity contribution in [3.05, 3.63) is 107 Å². The summed E-state index contributed by atoms with van der Waals surface area (Å²) in [7, 11) is 2.00. The fourth-order valence-electron chi connectivity index (χ4n) is 4.76. The third kappa shape index (κ3) is 4.99. The topological polar surface area (TPSA) is 62.3 Å². The molecule has 5 nitrogen and oxygen atoms in total. The largest absolute Gasteiger partial charge is 0.347 e. The molecule has 7 heteroatoms. The number of carbonyl (C=O) groups excluding carboxylic acids is 2. The Labute approximate surface area is 225 Å². The van der Waals surface area contributed by atoms with Gasteiger partial charge in [0.15, 0.2) is 5.78 Å². The number of nitrogens with one attached hydrogen (secondary N) is 1. The van der Waals surface area contributed by atoms with Crippen LogP contribution in [0.25, 0.3) is 10.9 Å². The second kappa shape index (κ2) is 10.0. The van der Waals surface area contributed by atoms with Gasteiger partial charge in [0.2, 0.25) is 5.91 Å². The molecule has 1 aliphatic heterocycles. The van der Waals surface area contributed by atoms with Gasteiger partial charge < -0.3 is 10.2 Å². The number of nitrogens with zero attached hydrogens (tertiary/aromatic N) is 2. The average Bonchev–Trinajstić information content (AvgIpc) is 3.09. The average molecular weight is 528 g/mol. The van der Waals surface area contributed by atoms with Crippen molar-refractivity contribution >= 4 is 57.3 Å². The number of hydrogen-bond donors (Lipinski definition) is 1. The standard InChI is InChI=1S/C30H26ClN3O2S/c1-30(2)23-9-5-7-11-25(23)34(3)27(30)17-26(35)22-16-29(33-24-10-6-4-8-21(22)24)37-18-28(36)32-20-14-12-19(31)13-15-20/h4-17H,18H2,1-3H3,(H,32,36)/b27-17+. The van der Waals surface area contributed by atoms with Crippen molar-refractivity contribution in [2.75, 3.05) is 23.0 Å². The number of likely N-dealkylation sites (N-methyl/N-ethyl adjacent to an activating group) is 1. The van der Waals surface area contributed by atoms with E-state index in [-0.39, 0.29) is 22.9 Å². The third-order valence-electron chi connectivity index (χ3n) is 6.65. The zero-order valence-electron chi connectivity index (χ0n) is 20.8. The van der Waals surface area contributed by atoms with E-state index in [0.29, 0.717) is 21.3 Å². The fourth-order valence-corrected chi connectivity index (χ4v) is 5.60. The van der Waals surface area contributed by atoms with Gasteiger partial charge >= 0.3 is 0 Å². The Morgan fingerprint density at radius 1 is 1.03 bits per heavy atom. The first-order chi connectivity index (χ1) is 17.7. The number of pyridine rings is 1. The lowest BCUT2D eigenvalue weighted by molar-refractivity contribution is -0.113. The van der Waals surface area contributed by atoms with E-state index < -0.39 is 0 Å². The van der Waals surface area contributed by atoms with Crippen LogP contribution in [0.3, 0.4) is 0 Å². The summed E-state index contributed by atoms with van der Waals surface area (Å²) in [5.41, 5.74) is 4.90. The minimum absolute atomic E-state index is 0.0891. The number of benzene rings is 3. The van der Waals surface area contributed by atoms with Crippen LogP contribution in [-0.2, 0) is 10.2 Å². The molecule has 0 saturated heterocycles. The molecule has 0 saturated carbocycles. The summed E-state index contributed by atoms with van der Waals surface area (Å²) >= 11 is 7.22. The van der Waals surface area contributed by atoms with Crippen LogP contribution in [0.15, 0.2) is 95.7 Å². The number of hydrogen-bond acceptors (Lipinski definition) is 5. The van der Waals surface area contributed by atoms with E-state index in [1.165, 1.54) is 17.3 Å². The van der Waals surface area contributed by atoms with E-state index in [1.807, 2.05) is 43.4 Å². The van der Waals surface area contributed by atoms with Gasteiger partial charge in [-0.2, -0.15) is 0 Å². The molecule has 1 aromatic heterocycles. The Morgan fingerprint density at radius 2 is 1.73 bits per heavy atom. The Kier molecular flexibility index (Phi) is 6.80. The second-order valence-corrected chi connectivity index (χ2v) is 10.9. The molecular formula is C30H26ClN3O2S. The predicted octanol–water partition coefficient (Wildman–Crippen LogP) is 7.11. The van der Waals surface area contributed by atoms with Crippen LogP contribution in [0.5, 0.6) is 0 Å². The molecule has 37 heavy (non-hydrogen) atoms. The summed E-state index contributed by atoms with van der Waals surface area (Å²) in [4.78, 5) is 33.0. The number of para-hydroxylation sites is 2. The molecule has 0 radical (unpaired) electrons. The lowest BCUT2D eigenvalue weighted by atomic mass is 9.83. The Bertz CT molecular complexity index is 1550. The fraction of sp³-hybridized carbons (Fsp3) is 0.167. The summed E-state index contributed by atoms with van der Waals surface area (Å²) in [6.07, 6.45) is 1.74. The van der Waals surface area contributed by atoms with Crippen LogP contribution in [-0.4, -0.2) is 29.5 Å². The zero-order valence-corrected chi connectivity index (χ0v) is 22.4. The van der Waals surface area contributed by atoms with Gasteiger partial charge in [-0.05, 0) is 48.0 Å². The monoisotopic (exact) mass is 527 g/mol. The smallest absolute Gasteiger partial charge is 0.234 e. The van der Waals surface area contributed by atoms with Crippen molar-refractivity contribution in [1.82, 2.24) is 4.98 Å². The normalized spacial score (nSPS) is 15.1. The Hall–Kier alpha value is -3.61. The summed E-state index contributed by atoms with van der Waals surface area (Å²) in [6.45, 7) is 4.28. The predicted molar refractivity (Wildman–Crippen MR) is 153 cm³/mol. The van der Waals surface area contributed by atoms with Crippen molar-refractivity contribution in [2.45, 2.75) is 24.3 Å². The first-order valence-corrected chi connectivity index (χ1v) is 13.3. The molecular weight excluding hydrogens is 502 g/mol. The van der Waals surface area contributed by atoms with Gasteiger partial charge in [0.05, 0.1) is 16.3 Å². The lowest BCUT2D eigenvalue weighted by Gasteiger charge is -2.24. The molecule has 0 aliphatic carbocycles. The molecule has 4 aromatic rings. The van der Waals surface area contributed by atoms with Crippen LogP contribution >= 0.6 is 23.4 Å². The van der Waals surface area contributed by atoms with E-state index in [1.54, 1.807) is 36.4 Å². The highest BCUT2D eigenvalue weighted by atomic mass is 35.5. The molecule has 0 fully saturated rings. The van der Waals surface area contributed by atoms with Gasteiger partial charge in [0.1, 0.15) is 0 Å². The molecule has 0 atom stereocenters. The highest BCUT2D eigenvalue weighted by Gasteiger charge is 2.38. The number of fused-ring (bicyclic) bond motifs is 2. The summed E-state index contributed by atoms with van der Waals surface area (Å²) in [5, 5.41) is 4.87. The number of allylic oxidation sites excluding steroid dienone is 2. The van der Waals surface area contributed by atoms with Crippen LogP contribution in [0.4, 0.5) is 11.4 Å². The van der Waals surface area contributed by atoms with E-state index in [9.17, 15) is 9.59 Å². The van der Waals surface area contributed by atoms with Gasteiger partial charge in [0.25, 0.3) is 0 Å². The van der Waals surface area contributed by atoms with Gasteiger partial charge in [-0.1, -0.05) is 73.6 Å². The van der Waals surface area contributed by atoms with Crippen molar-refractivity contribution in [2.24, 2.45) is 0 Å². The molecule has 3 aromatic carbocycles. The summed E-state index contributed by atoms with van der Waals surface area (Å²) < 4.78 is 0. The number of anilines is 2. The number of ketones is 1. The summed E-state index contributed by atoms with van der Waals surface area (Å²) in [5.74, 6) is -0.0912. The molecule has 0 bridgehead atoms. The van der Waals surface area contributed by atoms with E-state index >= 15 is 0 Å². The van der Waals surface area contributed by atoms with Crippen LogP contribution in [0.1, 0.15) is 29.8 Å². The van der Waals surface area contributed by atoms with Crippen LogP contribution < -0.4 is 10.2 Å². The number of aromatic nitrogens is 1. The highest BCUT2D eigenvalue weighted by molar-refractivity contribution is 7.99. The maximum absolute atomic E-state index is 13.7. The van der Waals surface area contributed by atoms with Crippen LogP contribution in [0, 0.1) is 0 Å². The minimum Gasteiger partial charge on any atom is -0.347 e. The quantitative estimate of drug-likeness (QED) is 0.164. The number of amides is 1. The van der Waals surface area contributed by atoms with Crippen LogP contribution in [0.2, 0.25) is 5.02 Å². The van der Waals surface area contributed by atoms with Crippen molar-refractivity contribution in [1.29, 1.82) is 0 Å². The Balaban J connectivity index is 1.42. The Morgan fingerprint density at radius 3 is 2.49 bits per heavy atom. The van der Waals surface area contributed by atoms with E-state index in [2.05, 4.69) is 36.2 Å². The molecule has 1 amide bonds. The number of carbonyl (C=O) groups is 2. The van der Waals surface area contributed by atoms with Gasteiger partial charge in [-0.15, -0.1) is 0 Å². The zero-order chi connectivity index (χ0) is 26.2. The maximum Gasteiger partial charge on any atom is 0.234 e. The molecule has 0 unspecified atom stereocenters. The van der Waals surface area contributed by atoms with Gasteiger partial charge in [-0.25, -0.2) is 4.98 Å². The lowest BCUT2D eigenvalue weighted by Crippen LogP contribution is -2.24. The molecule has 186 valence electrons. The number of thioether (sulfide) groups is 1. The molecule has 1 N–H and O–H groups in total. The van der Waals surface area contributed by atoms with Crippen molar-refractivity contribution in [3.63, 3.8) is 0 Å². The van der Waals surface area contributed by atoms with E-state index in [4.69, 9.17) is 16.6 Å². The number of halogens is 1. The van der Waals surface area contributed by atoms with Crippen molar-refractivity contribution < 1.29 is 9.59 Å². The maximum atomic E-state index is 13.7. The SMILES string of the molecule is CN1/C(=C/C(=O)c2cc(SCC(=O)Nc3ccc(Cl)cc3)nc3ccccc23)C(C)(C)c2ccccc21. The first-order valence-electron chi connectivity index (χ1n) is 11.9. The number of rotatable bonds is 6. The molecule has 5 rings (SSSR count). The molecule has 2 heterocycles. The first kappa shape index (κ1) is 25.1. The van der Waals surface area contributed by atoms with E-state index in [0.717, 1.165) is 22.3 Å². The van der Waals surface area contributed by atoms with Gasteiger partial charge in [0, 0.05) is 51.6 Å². The molecule has 0 spiro atoms. The highest BCUT2D eigenvalue weighted by Crippen LogP contribution is 2.46. The minimum atomic E-state index is -0.304. The second-order valence-electron chi connectivity index (χ2n) is 9.46. The van der Waals surface area contributed by atoms with Crippen molar-refractivity contribution in [3.8, 4) is 0 Å². The van der Waals surface area contributed by atoms with Gasteiger partial charge in [-0.3, -0.25) is 9.59 Å². The molecule has 1 aliphatic rings.